The van der Waals surface area contributed by atoms with E-state index in [4.69, 9.17) is 32.5 Å². The van der Waals surface area contributed by atoms with Gasteiger partial charge in [-0.3, -0.25) is 0 Å². The minimum atomic E-state index is -0.484. The Morgan fingerprint density at radius 1 is 1.17 bits per heavy atom. The molecule has 2 aliphatic rings. The smallest absolute Gasteiger partial charge is 0.410 e. The SMILES string of the molecule is CC(C)(C)OC(=O)N1CC2(CCCN(c3nc(-c4cc(Cl)cc(Cl)c4)no3)C2)C1. The number of anilines is 1. The predicted octanol–water partition coefficient (Wildman–Crippen LogP) is 4.88. The van der Waals surface area contributed by atoms with Crippen LogP contribution in [0.5, 0.6) is 0 Å². The van der Waals surface area contributed by atoms with E-state index >= 15 is 0 Å². The molecule has 156 valence electrons. The van der Waals surface area contributed by atoms with Crippen LogP contribution in [-0.2, 0) is 4.74 Å². The fourth-order valence-corrected chi connectivity index (χ4v) is 4.52. The molecule has 0 bridgehead atoms. The van der Waals surface area contributed by atoms with Crippen molar-refractivity contribution in [3.05, 3.63) is 28.2 Å². The van der Waals surface area contributed by atoms with Crippen LogP contribution < -0.4 is 4.90 Å². The highest BCUT2D eigenvalue weighted by atomic mass is 35.5. The van der Waals surface area contributed by atoms with Gasteiger partial charge in [0.15, 0.2) is 0 Å². The van der Waals surface area contributed by atoms with Gasteiger partial charge in [-0.1, -0.05) is 28.4 Å². The molecule has 2 aliphatic heterocycles. The van der Waals surface area contributed by atoms with Crippen molar-refractivity contribution in [3.63, 3.8) is 0 Å². The number of amides is 1. The number of hydrogen-bond acceptors (Lipinski definition) is 6. The molecule has 2 aromatic rings. The number of carbonyl (C=O) groups is 1. The number of rotatable bonds is 2. The highest BCUT2D eigenvalue weighted by molar-refractivity contribution is 6.35. The fourth-order valence-electron chi connectivity index (χ4n) is 3.99. The minimum Gasteiger partial charge on any atom is -0.444 e. The zero-order chi connectivity index (χ0) is 20.8. The Morgan fingerprint density at radius 3 is 2.52 bits per heavy atom. The van der Waals surface area contributed by atoms with Crippen molar-refractivity contribution in [3.8, 4) is 11.4 Å². The average molecular weight is 439 g/mol. The maximum Gasteiger partial charge on any atom is 0.410 e. The van der Waals surface area contributed by atoms with Gasteiger partial charge < -0.3 is 19.1 Å². The van der Waals surface area contributed by atoms with E-state index in [1.165, 1.54) is 0 Å². The van der Waals surface area contributed by atoms with Gasteiger partial charge in [-0.2, -0.15) is 4.98 Å². The van der Waals surface area contributed by atoms with E-state index in [9.17, 15) is 4.79 Å². The fraction of sp³-hybridized carbons (Fsp3) is 0.550. The van der Waals surface area contributed by atoms with E-state index in [1.54, 1.807) is 23.1 Å². The quantitative estimate of drug-likeness (QED) is 0.664. The van der Waals surface area contributed by atoms with Crippen LogP contribution in [0, 0.1) is 5.41 Å². The van der Waals surface area contributed by atoms with Crippen molar-refractivity contribution >= 4 is 35.3 Å². The molecule has 1 aromatic carbocycles. The summed E-state index contributed by atoms with van der Waals surface area (Å²) in [5.41, 5.74) is 0.273. The molecule has 0 atom stereocenters. The molecule has 9 heteroatoms. The second-order valence-electron chi connectivity index (χ2n) is 8.92. The lowest BCUT2D eigenvalue weighted by Gasteiger charge is -2.53. The summed E-state index contributed by atoms with van der Waals surface area (Å²) < 4.78 is 11.0. The molecule has 4 rings (SSSR count). The first kappa shape index (κ1) is 20.3. The molecule has 0 aliphatic carbocycles. The van der Waals surface area contributed by atoms with E-state index in [0.717, 1.165) is 25.9 Å². The van der Waals surface area contributed by atoms with Crippen LogP contribution in [0.2, 0.25) is 10.0 Å². The van der Waals surface area contributed by atoms with Crippen molar-refractivity contribution in [1.29, 1.82) is 0 Å². The molecule has 3 heterocycles. The number of ether oxygens (including phenoxy) is 1. The van der Waals surface area contributed by atoms with E-state index in [0.29, 0.717) is 40.5 Å². The van der Waals surface area contributed by atoms with Crippen LogP contribution in [0.25, 0.3) is 11.4 Å². The van der Waals surface area contributed by atoms with E-state index in [2.05, 4.69) is 15.0 Å². The molecule has 7 nitrogen and oxygen atoms in total. The lowest BCUT2D eigenvalue weighted by molar-refractivity contribution is -0.0395. The van der Waals surface area contributed by atoms with Gasteiger partial charge in [-0.25, -0.2) is 4.79 Å². The molecule has 0 unspecified atom stereocenters. The van der Waals surface area contributed by atoms with Gasteiger partial charge in [0.25, 0.3) is 0 Å². The molecule has 0 N–H and O–H groups in total. The predicted molar refractivity (Wildman–Crippen MR) is 111 cm³/mol. The van der Waals surface area contributed by atoms with Crippen molar-refractivity contribution in [2.45, 2.75) is 39.2 Å². The van der Waals surface area contributed by atoms with E-state index < -0.39 is 5.60 Å². The summed E-state index contributed by atoms with van der Waals surface area (Å²) in [6.45, 7) is 8.61. The van der Waals surface area contributed by atoms with Crippen LogP contribution in [0.4, 0.5) is 10.8 Å². The van der Waals surface area contributed by atoms with Gasteiger partial charge in [0.1, 0.15) is 5.60 Å². The first-order valence-corrected chi connectivity index (χ1v) is 10.4. The van der Waals surface area contributed by atoms with Gasteiger partial charge in [0.05, 0.1) is 0 Å². The Hall–Kier alpha value is -1.99. The topological polar surface area (TPSA) is 71.7 Å². The first-order valence-electron chi connectivity index (χ1n) is 9.66. The second-order valence-corrected chi connectivity index (χ2v) is 9.79. The lowest BCUT2D eigenvalue weighted by atomic mass is 9.73. The Bertz CT molecular complexity index is 898. The summed E-state index contributed by atoms with van der Waals surface area (Å²) >= 11 is 12.2. The number of likely N-dealkylation sites (tertiary alicyclic amines) is 1. The third kappa shape index (κ3) is 4.46. The summed E-state index contributed by atoms with van der Waals surface area (Å²) in [6, 6.07) is 5.65. The first-order chi connectivity index (χ1) is 13.6. The third-order valence-corrected chi connectivity index (χ3v) is 5.61. The average Bonchev–Trinajstić information content (AvgIpc) is 3.07. The zero-order valence-electron chi connectivity index (χ0n) is 16.7. The molecule has 29 heavy (non-hydrogen) atoms. The molecular formula is C20H24Cl2N4O3. The van der Waals surface area contributed by atoms with E-state index in [1.807, 2.05) is 20.8 Å². The summed E-state index contributed by atoms with van der Waals surface area (Å²) in [7, 11) is 0. The number of halogens is 2. The normalized spacial score (nSPS) is 18.7. The molecule has 1 amide bonds. The Labute approximate surface area is 179 Å². The molecule has 1 spiro atoms. The van der Waals surface area contributed by atoms with Crippen molar-refractivity contribution < 1.29 is 14.1 Å². The molecule has 1 aromatic heterocycles. The highest BCUT2D eigenvalue weighted by Crippen LogP contribution is 2.41. The summed E-state index contributed by atoms with van der Waals surface area (Å²) in [5, 5.41) is 5.13. The van der Waals surface area contributed by atoms with Gasteiger partial charge in [0, 0.05) is 47.2 Å². The number of hydrogen-bond donors (Lipinski definition) is 0. The van der Waals surface area contributed by atoms with Crippen molar-refractivity contribution in [1.82, 2.24) is 15.0 Å². The Morgan fingerprint density at radius 2 is 1.86 bits per heavy atom. The number of nitrogens with zero attached hydrogens (tertiary/aromatic N) is 4. The minimum absolute atomic E-state index is 0.0448. The van der Waals surface area contributed by atoms with E-state index in [-0.39, 0.29) is 11.5 Å². The van der Waals surface area contributed by atoms with Crippen LogP contribution in [0.3, 0.4) is 0 Å². The Balaban J connectivity index is 1.42. The van der Waals surface area contributed by atoms with Gasteiger partial charge in [-0.05, 0) is 51.8 Å². The molecular weight excluding hydrogens is 415 g/mol. The Kier molecular flexibility index (Phi) is 5.15. The van der Waals surface area contributed by atoms with Crippen molar-refractivity contribution in [2.24, 2.45) is 5.41 Å². The van der Waals surface area contributed by atoms with Gasteiger partial charge in [0.2, 0.25) is 5.82 Å². The number of piperidine rings is 1. The summed E-state index contributed by atoms with van der Waals surface area (Å²) in [6.07, 6.45) is 1.81. The molecule has 2 fully saturated rings. The van der Waals surface area contributed by atoms with Gasteiger partial charge >= 0.3 is 12.1 Å². The van der Waals surface area contributed by atoms with Crippen LogP contribution in [0.15, 0.2) is 22.7 Å². The maximum absolute atomic E-state index is 12.3. The standard InChI is InChI=1S/C20H24Cl2N4O3/c1-19(2,3)28-18(27)26-11-20(12-26)5-4-6-25(10-20)17-23-16(24-29-17)13-7-14(21)9-15(22)8-13/h7-9H,4-6,10-12H2,1-3H3. The largest absolute Gasteiger partial charge is 0.444 e. The molecule has 0 saturated carbocycles. The van der Waals surface area contributed by atoms with Crippen molar-refractivity contribution in [2.75, 3.05) is 31.1 Å². The van der Waals surface area contributed by atoms with Crippen LogP contribution >= 0.6 is 23.2 Å². The third-order valence-electron chi connectivity index (χ3n) is 5.17. The maximum atomic E-state index is 12.3. The molecule has 0 radical (unpaired) electrons. The summed E-state index contributed by atoms with van der Waals surface area (Å²) in [5.74, 6) is 0.452. The number of carbonyl (C=O) groups excluding carboxylic acids is 1. The second kappa shape index (κ2) is 7.36. The summed E-state index contributed by atoms with van der Waals surface area (Å²) in [4.78, 5) is 20.7. The highest BCUT2D eigenvalue weighted by Gasteiger charge is 2.49. The number of benzene rings is 1. The monoisotopic (exact) mass is 438 g/mol. The van der Waals surface area contributed by atoms with Crippen LogP contribution in [-0.4, -0.2) is 52.9 Å². The van der Waals surface area contributed by atoms with Crippen LogP contribution in [0.1, 0.15) is 33.6 Å². The zero-order valence-corrected chi connectivity index (χ0v) is 18.3. The van der Waals surface area contributed by atoms with Gasteiger partial charge in [-0.15, -0.1) is 0 Å². The molecule has 2 saturated heterocycles. The number of aromatic nitrogens is 2. The lowest BCUT2D eigenvalue weighted by Crippen LogP contribution is -2.64.